The monoisotopic (exact) mass is 383 g/mol. The van der Waals surface area contributed by atoms with Gasteiger partial charge in [-0.25, -0.2) is 9.97 Å². The van der Waals surface area contributed by atoms with Gasteiger partial charge in [-0.15, -0.1) is 11.3 Å². The SMILES string of the molecule is CS(=O)(=O)Oc1ccnc2ccc(-c3cccc(-c4nccs4)n3)cc12. The number of thiazole rings is 1. The standard InChI is InChI=1S/C18H13N3O3S2/c1-26(22,23)24-17-7-8-19-15-6-5-12(11-13(15)17)14-3-2-4-16(21-14)18-20-9-10-25-18/h2-11H,1H3. The third-order valence-corrected chi connectivity index (χ3v) is 4.92. The van der Waals surface area contributed by atoms with Crippen molar-refractivity contribution in [3.63, 3.8) is 0 Å². The summed E-state index contributed by atoms with van der Waals surface area (Å²) >= 11 is 1.52. The Morgan fingerprint density at radius 2 is 1.85 bits per heavy atom. The zero-order valence-corrected chi connectivity index (χ0v) is 15.3. The van der Waals surface area contributed by atoms with Gasteiger partial charge in [0, 0.05) is 34.8 Å². The lowest BCUT2D eigenvalue weighted by Crippen LogP contribution is -2.06. The minimum Gasteiger partial charge on any atom is -0.382 e. The molecule has 4 aromatic rings. The molecule has 130 valence electrons. The number of hydrogen-bond donors (Lipinski definition) is 0. The predicted molar refractivity (Wildman–Crippen MR) is 102 cm³/mol. The molecule has 0 fully saturated rings. The average molecular weight is 383 g/mol. The van der Waals surface area contributed by atoms with Gasteiger partial charge < -0.3 is 4.18 Å². The molecule has 8 heteroatoms. The molecule has 0 N–H and O–H groups in total. The van der Waals surface area contributed by atoms with Crippen molar-refractivity contribution in [1.82, 2.24) is 15.0 Å². The zero-order chi connectivity index (χ0) is 18.1. The predicted octanol–water partition coefficient (Wildman–Crippen LogP) is 3.76. The molecule has 0 spiro atoms. The highest BCUT2D eigenvalue weighted by Crippen LogP contribution is 2.30. The number of benzene rings is 1. The van der Waals surface area contributed by atoms with E-state index < -0.39 is 10.1 Å². The summed E-state index contributed by atoms with van der Waals surface area (Å²) in [5.74, 6) is 0.246. The number of nitrogens with zero attached hydrogens (tertiary/aromatic N) is 3. The van der Waals surface area contributed by atoms with E-state index >= 15 is 0 Å². The number of hydrogen-bond acceptors (Lipinski definition) is 7. The molecule has 6 nitrogen and oxygen atoms in total. The van der Waals surface area contributed by atoms with Crippen molar-refractivity contribution in [1.29, 1.82) is 0 Å². The second-order valence-electron chi connectivity index (χ2n) is 5.57. The van der Waals surface area contributed by atoms with Crippen molar-refractivity contribution in [2.75, 3.05) is 6.26 Å². The van der Waals surface area contributed by atoms with E-state index in [0.29, 0.717) is 10.9 Å². The highest BCUT2D eigenvalue weighted by molar-refractivity contribution is 7.86. The molecule has 0 unspecified atom stereocenters. The largest absolute Gasteiger partial charge is 0.382 e. The van der Waals surface area contributed by atoms with Crippen LogP contribution in [0.25, 0.3) is 32.9 Å². The van der Waals surface area contributed by atoms with Gasteiger partial charge in [0.2, 0.25) is 0 Å². The van der Waals surface area contributed by atoms with Gasteiger partial charge in [0.25, 0.3) is 0 Å². The average Bonchev–Trinajstić information content (AvgIpc) is 3.15. The molecule has 3 aromatic heterocycles. The van der Waals surface area contributed by atoms with Crippen molar-refractivity contribution in [3.8, 4) is 27.7 Å². The molecule has 0 amide bonds. The highest BCUT2D eigenvalue weighted by atomic mass is 32.2. The van der Waals surface area contributed by atoms with Gasteiger partial charge in [-0.1, -0.05) is 12.1 Å². The van der Waals surface area contributed by atoms with Crippen LogP contribution in [0, 0.1) is 0 Å². The van der Waals surface area contributed by atoms with E-state index in [0.717, 1.165) is 28.2 Å². The van der Waals surface area contributed by atoms with Gasteiger partial charge in [-0.05, 0) is 24.3 Å². The van der Waals surface area contributed by atoms with Gasteiger partial charge >= 0.3 is 10.1 Å². The van der Waals surface area contributed by atoms with Crippen molar-refractivity contribution < 1.29 is 12.6 Å². The van der Waals surface area contributed by atoms with Crippen LogP contribution >= 0.6 is 11.3 Å². The molecular weight excluding hydrogens is 370 g/mol. The van der Waals surface area contributed by atoms with Crippen LogP contribution in [0.1, 0.15) is 0 Å². The molecule has 0 aliphatic heterocycles. The molecule has 0 aliphatic carbocycles. The Morgan fingerprint density at radius 1 is 1.00 bits per heavy atom. The normalized spacial score (nSPS) is 11.6. The summed E-state index contributed by atoms with van der Waals surface area (Å²) in [4.78, 5) is 13.2. The Balaban J connectivity index is 1.83. The summed E-state index contributed by atoms with van der Waals surface area (Å²) in [7, 11) is -3.63. The van der Waals surface area contributed by atoms with Gasteiger partial charge in [0.05, 0.1) is 23.2 Å². The van der Waals surface area contributed by atoms with Gasteiger partial charge in [-0.2, -0.15) is 8.42 Å². The van der Waals surface area contributed by atoms with Crippen LogP contribution in [-0.2, 0) is 10.1 Å². The first kappa shape index (κ1) is 16.6. The number of rotatable bonds is 4. The third kappa shape index (κ3) is 3.42. The van der Waals surface area contributed by atoms with Crippen molar-refractivity contribution in [2.45, 2.75) is 0 Å². The van der Waals surface area contributed by atoms with E-state index in [4.69, 9.17) is 4.18 Å². The Morgan fingerprint density at radius 3 is 2.62 bits per heavy atom. The number of fused-ring (bicyclic) bond motifs is 1. The summed E-state index contributed by atoms with van der Waals surface area (Å²) in [6, 6.07) is 12.8. The van der Waals surface area contributed by atoms with E-state index in [1.165, 1.54) is 23.6 Å². The molecule has 1 aromatic carbocycles. The van der Waals surface area contributed by atoms with Crippen LogP contribution in [-0.4, -0.2) is 29.6 Å². The summed E-state index contributed by atoms with van der Waals surface area (Å²) in [6.07, 6.45) is 4.27. The molecule has 4 rings (SSSR count). The smallest absolute Gasteiger partial charge is 0.306 e. The fraction of sp³-hybridized carbons (Fsp3) is 0.0556. The lowest BCUT2D eigenvalue weighted by Gasteiger charge is -2.08. The molecule has 0 saturated carbocycles. The Hall–Kier alpha value is -2.84. The summed E-state index contributed by atoms with van der Waals surface area (Å²) in [6.45, 7) is 0. The highest BCUT2D eigenvalue weighted by Gasteiger charge is 2.11. The molecule has 0 radical (unpaired) electrons. The van der Waals surface area contributed by atoms with Crippen LogP contribution in [0.2, 0.25) is 0 Å². The van der Waals surface area contributed by atoms with Crippen LogP contribution in [0.15, 0.2) is 60.2 Å². The van der Waals surface area contributed by atoms with Crippen molar-refractivity contribution in [3.05, 3.63) is 60.2 Å². The fourth-order valence-electron chi connectivity index (χ4n) is 2.58. The maximum Gasteiger partial charge on any atom is 0.306 e. The van der Waals surface area contributed by atoms with Crippen LogP contribution in [0.3, 0.4) is 0 Å². The number of pyridine rings is 2. The minimum absolute atomic E-state index is 0.246. The molecule has 0 saturated heterocycles. The van der Waals surface area contributed by atoms with E-state index in [2.05, 4.69) is 15.0 Å². The summed E-state index contributed by atoms with van der Waals surface area (Å²) in [5.41, 5.74) is 3.03. The Labute approximate surface area is 154 Å². The van der Waals surface area contributed by atoms with E-state index in [1.54, 1.807) is 6.20 Å². The summed E-state index contributed by atoms with van der Waals surface area (Å²) < 4.78 is 28.1. The van der Waals surface area contributed by atoms with Crippen LogP contribution < -0.4 is 4.18 Å². The molecule has 0 atom stereocenters. The van der Waals surface area contributed by atoms with E-state index in [-0.39, 0.29) is 5.75 Å². The van der Waals surface area contributed by atoms with Gasteiger partial charge in [0.15, 0.2) is 5.75 Å². The first-order valence-electron chi connectivity index (χ1n) is 7.65. The maximum absolute atomic E-state index is 11.5. The second-order valence-corrected chi connectivity index (χ2v) is 8.04. The minimum atomic E-state index is -3.63. The zero-order valence-electron chi connectivity index (χ0n) is 13.7. The third-order valence-electron chi connectivity index (χ3n) is 3.64. The lowest BCUT2D eigenvalue weighted by atomic mass is 10.1. The lowest BCUT2D eigenvalue weighted by molar-refractivity contribution is 0.495. The van der Waals surface area contributed by atoms with Gasteiger partial charge in [0.1, 0.15) is 5.01 Å². The molecule has 3 heterocycles. The quantitative estimate of drug-likeness (QED) is 0.499. The van der Waals surface area contributed by atoms with Crippen LogP contribution in [0.5, 0.6) is 5.75 Å². The van der Waals surface area contributed by atoms with Gasteiger partial charge in [-0.3, -0.25) is 4.98 Å². The van der Waals surface area contributed by atoms with Crippen molar-refractivity contribution in [2.24, 2.45) is 0 Å². The maximum atomic E-state index is 11.5. The topological polar surface area (TPSA) is 82.0 Å². The van der Waals surface area contributed by atoms with E-state index in [1.807, 2.05) is 41.8 Å². The molecule has 0 aliphatic rings. The molecular formula is C18H13N3O3S2. The number of aromatic nitrogens is 3. The first-order chi connectivity index (χ1) is 12.5. The molecule has 26 heavy (non-hydrogen) atoms. The fourth-order valence-corrected chi connectivity index (χ4v) is 3.66. The van der Waals surface area contributed by atoms with Crippen LogP contribution in [0.4, 0.5) is 0 Å². The Kier molecular flexibility index (Phi) is 4.14. The molecule has 0 bridgehead atoms. The van der Waals surface area contributed by atoms with E-state index in [9.17, 15) is 8.42 Å². The van der Waals surface area contributed by atoms with Crippen molar-refractivity contribution >= 4 is 32.4 Å². The second kappa shape index (κ2) is 6.47. The summed E-state index contributed by atoms with van der Waals surface area (Å²) in [5, 5.41) is 3.35. The first-order valence-corrected chi connectivity index (χ1v) is 10.3. The Bertz CT molecular complexity index is 1190.